The Bertz CT molecular complexity index is 1010. The average Bonchev–Trinajstić information content (AvgIpc) is 2.67. The van der Waals surface area contributed by atoms with Gasteiger partial charge in [-0.25, -0.2) is 4.39 Å². The molecule has 2 heterocycles. The first kappa shape index (κ1) is 21.6. The quantitative estimate of drug-likeness (QED) is 0.656. The summed E-state index contributed by atoms with van der Waals surface area (Å²) in [5.74, 6) is -1.77. The van der Waals surface area contributed by atoms with E-state index in [1.54, 1.807) is 0 Å². The molecule has 0 spiro atoms. The summed E-state index contributed by atoms with van der Waals surface area (Å²) in [5, 5.41) is -0.104. The summed E-state index contributed by atoms with van der Waals surface area (Å²) in [6.07, 6.45) is -4.46. The molecular formula is C21H17ClF4N2O3. The number of halogens is 5. The number of hydrogen-bond acceptors (Lipinski definition) is 3. The highest BCUT2D eigenvalue weighted by molar-refractivity contribution is 6.30. The molecule has 2 saturated heterocycles. The largest absolute Gasteiger partial charge is 0.416 e. The van der Waals surface area contributed by atoms with Gasteiger partial charge < -0.3 is 14.5 Å². The predicted octanol–water partition coefficient (Wildman–Crippen LogP) is 3.89. The van der Waals surface area contributed by atoms with E-state index in [-0.39, 0.29) is 42.9 Å². The van der Waals surface area contributed by atoms with Crippen LogP contribution in [0.5, 0.6) is 0 Å². The zero-order valence-corrected chi connectivity index (χ0v) is 16.8. The SMILES string of the molecule is O=C1[C@H](C2COC2)N(Cc2ccc(C(F)(F)F)cc2)C(=O)CN1c1ccc(Cl)c(F)c1. The fourth-order valence-electron chi connectivity index (χ4n) is 3.70. The van der Waals surface area contributed by atoms with E-state index < -0.39 is 35.4 Å². The van der Waals surface area contributed by atoms with Crippen molar-refractivity contribution < 1.29 is 31.9 Å². The standard InChI is InChI=1S/C21H17ClF4N2O3/c22-16-6-5-15(7-17(16)23)27-9-18(29)28(19(20(27)30)13-10-31-11-13)8-12-1-3-14(4-2-12)21(24,25)26/h1-7,13,19H,8-11H2/t19-/m0/s1. The Morgan fingerprint density at radius 1 is 1.06 bits per heavy atom. The highest BCUT2D eigenvalue weighted by Gasteiger charge is 2.46. The van der Waals surface area contributed by atoms with E-state index in [9.17, 15) is 27.2 Å². The molecule has 4 rings (SSSR count). The van der Waals surface area contributed by atoms with Gasteiger partial charge in [0.2, 0.25) is 5.91 Å². The molecule has 0 unspecified atom stereocenters. The molecule has 10 heteroatoms. The van der Waals surface area contributed by atoms with Gasteiger partial charge in [-0.3, -0.25) is 9.59 Å². The molecule has 31 heavy (non-hydrogen) atoms. The monoisotopic (exact) mass is 456 g/mol. The number of ether oxygens (including phenoxy) is 1. The number of benzene rings is 2. The molecule has 2 amide bonds. The molecule has 0 aliphatic carbocycles. The van der Waals surface area contributed by atoms with E-state index in [1.807, 2.05) is 0 Å². The lowest BCUT2D eigenvalue weighted by molar-refractivity contribution is -0.154. The maximum absolute atomic E-state index is 13.9. The zero-order chi connectivity index (χ0) is 22.3. The van der Waals surface area contributed by atoms with Gasteiger partial charge in [-0.05, 0) is 35.9 Å². The summed E-state index contributed by atoms with van der Waals surface area (Å²) in [6, 6.07) is 7.44. The van der Waals surface area contributed by atoms with Gasteiger partial charge in [0.05, 0.1) is 23.8 Å². The Balaban J connectivity index is 1.60. The summed E-state index contributed by atoms with van der Waals surface area (Å²) >= 11 is 5.71. The van der Waals surface area contributed by atoms with Gasteiger partial charge in [-0.15, -0.1) is 0 Å². The van der Waals surface area contributed by atoms with Crippen molar-refractivity contribution in [1.82, 2.24) is 4.90 Å². The molecular weight excluding hydrogens is 440 g/mol. The minimum atomic E-state index is -4.46. The highest BCUT2D eigenvalue weighted by atomic mass is 35.5. The van der Waals surface area contributed by atoms with Crippen LogP contribution in [-0.2, 0) is 27.0 Å². The van der Waals surface area contributed by atoms with Crippen molar-refractivity contribution in [3.8, 4) is 0 Å². The second-order valence-corrected chi connectivity index (χ2v) is 7.89. The Hall–Kier alpha value is -2.65. The highest BCUT2D eigenvalue weighted by Crippen LogP contribution is 2.32. The Labute approximate surface area is 180 Å². The molecule has 2 fully saturated rings. The Morgan fingerprint density at radius 2 is 1.74 bits per heavy atom. The Morgan fingerprint density at radius 3 is 2.29 bits per heavy atom. The molecule has 0 bridgehead atoms. The van der Waals surface area contributed by atoms with E-state index in [4.69, 9.17) is 16.3 Å². The number of anilines is 1. The third-order valence-corrected chi connectivity index (χ3v) is 5.73. The fourth-order valence-corrected chi connectivity index (χ4v) is 3.82. The molecule has 2 aliphatic heterocycles. The minimum Gasteiger partial charge on any atom is -0.380 e. The van der Waals surface area contributed by atoms with Crippen LogP contribution in [-0.4, -0.2) is 42.5 Å². The van der Waals surface area contributed by atoms with Crippen LogP contribution in [0.25, 0.3) is 0 Å². The molecule has 0 aromatic heterocycles. The molecule has 0 radical (unpaired) electrons. The lowest BCUT2D eigenvalue weighted by atomic mass is 9.92. The first-order valence-electron chi connectivity index (χ1n) is 9.45. The second-order valence-electron chi connectivity index (χ2n) is 7.48. The van der Waals surface area contributed by atoms with E-state index in [0.29, 0.717) is 5.56 Å². The van der Waals surface area contributed by atoms with Gasteiger partial charge in [-0.2, -0.15) is 13.2 Å². The molecule has 2 aliphatic rings. The number of piperazine rings is 1. The summed E-state index contributed by atoms with van der Waals surface area (Å²) in [6.45, 7) is 0.212. The van der Waals surface area contributed by atoms with Crippen LogP contribution in [0.1, 0.15) is 11.1 Å². The number of rotatable bonds is 4. The van der Waals surface area contributed by atoms with Crippen molar-refractivity contribution in [2.45, 2.75) is 18.8 Å². The predicted molar refractivity (Wildman–Crippen MR) is 104 cm³/mol. The van der Waals surface area contributed by atoms with Gasteiger partial charge in [0, 0.05) is 18.2 Å². The molecule has 2 aromatic carbocycles. The maximum Gasteiger partial charge on any atom is 0.416 e. The van der Waals surface area contributed by atoms with Crippen LogP contribution in [0.3, 0.4) is 0 Å². The molecule has 2 aromatic rings. The van der Waals surface area contributed by atoms with Crippen molar-refractivity contribution >= 4 is 29.1 Å². The van der Waals surface area contributed by atoms with Gasteiger partial charge in [-0.1, -0.05) is 23.7 Å². The summed E-state index contributed by atoms with van der Waals surface area (Å²) in [7, 11) is 0. The minimum absolute atomic E-state index is 0.0211. The molecule has 1 atom stereocenters. The summed E-state index contributed by atoms with van der Waals surface area (Å²) < 4.78 is 57.5. The number of amides is 2. The van der Waals surface area contributed by atoms with Crippen molar-refractivity contribution in [2.75, 3.05) is 24.7 Å². The van der Waals surface area contributed by atoms with Crippen LogP contribution in [0.15, 0.2) is 42.5 Å². The Kier molecular flexibility index (Phi) is 5.65. The van der Waals surface area contributed by atoms with Gasteiger partial charge in [0.1, 0.15) is 18.4 Å². The van der Waals surface area contributed by atoms with Gasteiger partial charge in [0.25, 0.3) is 5.91 Å². The van der Waals surface area contributed by atoms with Crippen LogP contribution in [0, 0.1) is 11.7 Å². The second kappa shape index (κ2) is 8.12. The molecule has 0 N–H and O–H groups in total. The van der Waals surface area contributed by atoms with Crippen LogP contribution in [0.2, 0.25) is 5.02 Å². The third kappa shape index (κ3) is 4.24. The van der Waals surface area contributed by atoms with Gasteiger partial charge in [0.15, 0.2) is 0 Å². The van der Waals surface area contributed by atoms with E-state index in [0.717, 1.165) is 18.2 Å². The lowest BCUT2D eigenvalue weighted by Crippen LogP contribution is -2.64. The number of carbonyl (C=O) groups excluding carboxylic acids is 2. The third-order valence-electron chi connectivity index (χ3n) is 5.43. The van der Waals surface area contributed by atoms with Gasteiger partial charge >= 0.3 is 6.18 Å². The van der Waals surface area contributed by atoms with E-state index in [1.165, 1.54) is 34.1 Å². The number of carbonyl (C=O) groups is 2. The molecule has 5 nitrogen and oxygen atoms in total. The first-order chi connectivity index (χ1) is 14.6. The fraction of sp³-hybridized carbons (Fsp3) is 0.333. The van der Waals surface area contributed by atoms with Crippen molar-refractivity contribution in [1.29, 1.82) is 0 Å². The normalized spacial score (nSPS) is 20.2. The van der Waals surface area contributed by atoms with Crippen LogP contribution in [0.4, 0.5) is 23.2 Å². The van der Waals surface area contributed by atoms with Crippen molar-refractivity contribution in [3.05, 3.63) is 64.4 Å². The van der Waals surface area contributed by atoms with Crippen LogP contribution < -0.4 is 4.90 Å². The van der Waals surface area contributed by atoms with Crippen LogP contribution >= 0.6 is 11.6 Å². The van der Waals surface area contributed by atoms with E-state index >= 15 is 0 Å². The molecule has 164 valence electrons. The lowest BCUT2D eigenvalue weighted by Gasteiger charge is -2.45. The zero-order valence-electron chi connectivity index (χ0n) is 16.0. The van der Waals surface area contributed by atoms with Crippen molar-refractivity contribution in [3.63, 3.8) is 0 Å². The summed E-state index contributed by atoms with van der Waals surface area (Å²) in [4.78, 5) is 28.8. The maximum atomic E-state index is 13.9. The smallest absolute Gasteiger partial charge is 0.380 e. The van der Waals surface area contributed by atoms with Crippen molar-refractivity contribution in [2.24, 2.45) is 5.92 Å². The number of alkyl halides is 3. The number of hydrogen-bond donors (Lipinski definition) is 0. The number of nitrogens with zero attached hydrogens (tertiary/aromatic N) is 2. The average molecular weight is 457 g/mol. The summed E-state index contributed by atoms with van der Waals surface area (Å²) in [5.41, 5.74) is -0.123. The topological polar surface area (TPSA) is 49.9 Å². The first-order valence-corrected chi connectivity index (χ1v) is 9.82. The van der Waals surface area contributed by atoms with E-state index in [2.05, 4.69) is 0 Å². The molecule has 0 saturated carbocycles.